The van der Waals surface area contributed by atoms with Crippen molar-refractivity contribution in [3.63, 3.8) is 0 Å². The first-order chi connectivity index (χ1) is 5.74. The second kappa shape index (κ2) is 3.67. The maximum Gasteiger partial charge on any atom is 0.335 e. The number of aliphatic imine (C=N–C) groups is 1. The van der Waals surface area contributed by atoms with Gasteiger partial charge in [-0.1, -0.05) is 6.07 Å². The number of aromatic carboxylic acids is 1. The predicted octanol–water partition coefficient (Wildman–Crippen LogP) is 2.11. The van der Waals surface area contributed by atoms with E-state index >= 15 is 0 Å². The Hall–Kier alpha value is -1.64. The lowest BCUT2D eigenvalue weighted by Gasteiger charge is -1.94. The van der Waals surface area contributed by atoms with Gasteiger partial charge >= 0.3 is 5.97 Å². The highest BCUT2D eigenvalue weighted by atomic mass is 16.4. The molecule has 3 nitrogen and oxygen atoms in total. The van der Waals surface area contributed by atoms with Crippen LogP contribution in [0.3, 0.4) is 0 Å². The largest absolute Gasteiger partial charge is 0.478 e. The monoisotopic (exact) mass is 163 g/mol. The lowest BCUT2D eigenvalue weighted by molar-refractivity contribution is 0.0697. The standard InChI is InChI=1S/C9H9NO2/c1-2-10-8-5-3-4-7(6-8)9(11)12/h2-6H,1H3,(H,11,12). The fourth-order valence-corrected chi connectivity index (χ4v) is 0.868. The highest BCUT2D eigenvalue weighted by Crippen LogP contribution is 2.13. The molecule has 1 rings (SSSR count). The molecule has 0 aliphatic carbocycles. The number of carboxylic acid groups (broad SMARTS) is 1. The lowest BCUT2D eigenvalue weighted by atomic mass is 10.2. The summed E-state index contributed by atoms with van der Waals surface area (Å²) in [7, 11) is 0. The summed E-state index contributed by atoms with van der Waals surface area (Å²) in [4.78, 5) is 14.5. The molecule has 0 aliphatic heterocycles. The Morgan fingerprint density at radius 3 is 2.92 bits per heavy atom. The van der Waals surface area contributed by atoms with E-state index in [1.54, 1.807) is 25.3 Å². The third-order valence-corrected chi connectivity index (χ3v) is 1.37. The smallest absolute Gasteiger partial charge is 0.335 e. The van der Waals surface area contributed by atoms with Crippen molar-refractivity contribution in [2.24, 2.45) is 4.99 Å². The fourth-order valence-electron chi connectivity index (χ4n) is 0.868. The lowest BCUT2D eigenvalue weighted by Crippen LogP contribution is -1.94. The SMILES string of the molecule is CC=Nc1cccc(C(=O)O)c1. The van der Waals surface area contributed by atoms with Crippen LogP contribution in [0.25, 0.3) is 0 Å². The van der Waals surface area contributed by atoms with Gasteiger partial charge in [-0.3, -0.25) is 4.99 Å². The molecule has 1 aromatic rings. The average Bonchev–Trinajstić information content (AvgIpc) is 2.05. The van der Waals surface area contributed by atoms with Gasteiger partial charge in [-0.25, -0.2) is 4.79 Å². The summed E-state index contributed by atoms with van der Waals surface area (Å²) >= 11 is 0. The zero-order valence-electron chi connectivity index (χ0n) is 6.69. The average molecular weight is 163 g/mol. The van der Waals surface area contributed by atoms with Crippen molar-refractivity contribution in [2.45, 2.75) is 6.92 Å². The van der Waals surface area contributed by atoms with Crippen molar-refractivity contribution >= 4 is 17.9 Å². The Balaban J connectivity index is 3.03. The summed E-state index contributed by atoms with van der Waals surface area (Å²) in [6, 6.07) is 6.50. The molecule has 0 bridgehead atoms. The molecule has 3 heteroatoms. The van der Waals surface area contributed by atoms with Crippen LogP contribution in [0.2, 0.25) is 0 Å². The second-order valence-electron chi connectivity index (χ2n) is 2.24. The van der Waals surface area contributed by atoms with Gasteiger partial charge in [-0.15, -0.1) is 0 Å². The molecule has 12 heavy (non-hydrogen) atoms. The van der Waals surface area contributed by atoms with E-state index in [0.29, 0.717) is 5.69 Å². The molecule has 0 aliphatic rings. The van der Waals surface area contributed by atoms with Crippen molar-refractivity contribution in [1.82, 2.24) is 0 Å². The van der Waals surface area contributed by atoms with E-state index < -0.39 is 5.97 Å². The minimum atomic E-state index is -0.928. The normalized spacial score (nSPS) is 10.4. The Morgan fingerprint density at radius 2 is 2.33 bits per heavy atom. The highest BCUT2D eigenvalue weighted by Gasteiger charge is 2.00. The van der Waals surface area contributed by atoms with E-state index in [-0.39, 0.29) is 5.56 Å². The summed E-state index contributed by atoms with van der Waals surface area (Å²) in [6.45, 7) is 1.79. The molecule has 1 N–H and O–H groups in total. The Kier molecular flexibility index (Phi) is 2.58. The summed E-state index contributed by atoms with van der Waals surface area (Å²) in [6.07, 6.45) is 1.63. The quantitative estimate of drug-likeness (QED) is 0.679. The second-order valence-corrected chi connectivity index (χ2v) is 2.24. The number of carbonyl (C=O) groups is 1. The summed E-state index contributed by atoms with van der Waals surface area (Å²) in [5, 5.41) is 8.63. The van der Waals surface area contributed by atoms with Gasteiger partial charge in [0.1, 0.15) is 0 Å². The van der Waals surface area contributed by atoms with Crippen LogP contribution in [-0.2, 0) is 0 Å². The molecule has 0 aromatic heterocycles. The van der Waals surface area contributed by atoms with Crippen LogP contribution < -0.4 is 0 Å². The van der Waals surface area contributed by atoms with Crippen LogP contribution in [-0.4, -0.2) is 17.3 Å². The molecule has 0 unspecified atom stereocenters. The molecule has 0 fully saturated rings. The van der Waals surface area contributed by atoms with Crippen LogP contribution >= 0.6 is 0 Å². The predicted molar refractivity (Wildman–Crippen MR) is 47.2 cm³/mol. The molecule has 0 saturated heterocycles. The van der Waals surface area contributed by atoms with Crippen molar-refractivity contribution in [1.29, 1.82) is 0 Å². The Bertz CT molecular complexity index is 318. The maximum absolute atomic E-state index is 10.5. The van der Waals surface area contributed by atoms with Gasteiger partial charge in [-0.2, -0.15) is 0 Å². The molecule has 0 amide bonds. The van der Waals surface area contributed by atoms with Gasteiger partial charge in [0.25, 0.3) is 0 Å². The molecular formula is C9H9NO2. The van der Waals surface area contributed by atoms with Crippen LogP contribution in [0, 0.1) is 0 Å². The van der Waals surface area contributed by atoms with E-state index in [9.17, 15) is 4.79 Å². The van der Waals surface area contributed by atoms with Gasteiger partial charge in [-0.05, 0) is 25.1 Å². The Morgan fingerprint density at radius 1 is 1.58 bits per heavy atom. The van der Waals surface area contributed by atoms with Crippen LogP contribution in [0.1, 0.15) is 17.3 Å². The summed E-state index contributed by atoms with van der Waals surface area (Å²) < 4.78 is 0. The number of carboxylic acids is 1. The van der Waals surface area contributed by atoms with Gasteiger partial charge in [0.15, 0.2) is 0 Å². The molecule has 0 radical (unpaired) electrons. The van der Waals surface area contributed by atoms with Crippen LogP contribution in [0.4, 0.5) is 5.69 Å². The Labute approximate surface area is 70.4 Å². The zero-order chi connectivity index (χ0) is 8.97. The molecule has 0 saturated carbocycles. The number of rotatable bonds is 2. The van der Waals surface area contributed by atoms with Gasteiger partial charge in [0.05, 0.1) is 11.3 Å². The topological polar surface area (TPSA) is 49.7 Å². The third-order valence-electron chi connectivity index (χ3n) is 1.37. The van der Waals surface area contributed by atoms with E-state index in [1.165, 1.54) is 12.1 Å². The molecule has 0 atom stereocenters. The van der Waals surface area contributed by atoms with E-state index in [4.69, 9.17) is 5.11 Å². The number of benzene rings is 1. The van der Waals surface area contributed by atoms with Gasteiger partial charge in [0, 0.05) is 6.21 Å². The highest BCUT2D eigenvalue weighted by molar-refractivity contribution is 5.88. The first-order valence-electron chi connectivity index (χ1n) is 3.56. The number of hydrogen-bond donors (Lipinski definition) is 1. The van der Waals surface area contributed by atoms with Crippen molar-refractivity contribution in [3.8, 4) is 0 Å². The van der Waals surface area contributed by atoms with E-state index in [1.807, 2.05) is 0 Å². The minimum Gasteiger partial charge on any atom is -0.478 e. The van der Waals surface area contributed by atoms with Crippen molar-refractivity contribution < 1.29 is 9.90 Å². The first-order valence-corrected chi connectivity index (χ1v) is 3.56. The summed E-state index contributed by atoms with van der Waals surface area (Å²) in [5.41, 5.74) is 0.926. The summed E-state index contributed by atoms with van der Waals surface area (Å²) in [5.74, 6) is -0.928. The van der Waals surface area contributed by atoms with Gasteiger partial charge < -0.3 is 5.11 Å². The number of nitrogens with zero attached hydrogens (tertiary/aromatic N) is 1. The van der Waals surface area contributed by atoms with E-state index in [2.05, 4.69) is 4.99 Å². The molecular weight excluding hydrogens is 154 g/mol. The third kappa shape index (κ3) is 1.92. The maximum atomic E-state index is 10.5. The van der Waals surface area contributed by atoms with Gasteiger partial charge in [0.2, 0.25) is 0 Å². The number of hydrogen-bond acceptors (Lipinski definition) is 2. The van der Waals surface area contributed by atoms with Crippen molar-refractivity contribution in [3.05, 3.63) is 29.8 Å². The van der Waals surface area contributed by atoms with Crippen LogP contribution in [0.15, 0.2) is 29.3 Å². The molecule has 0 heterocycles. The van der Waals surface area contributed by atoms with Crippen molar-refractivity contribution in [2.75, 3.05) is 0 Å². The molecule has 62 valence electrons. The zero-order valence-corrected chi connectivity index (χ0v) is 6.69. The minimum absolute atomic E-state index is 0.262. The molecule has 1 aromatic carbocycles. The molecule has 0 spiro atoms. The van der Waals surface area contributed by atoms with E-state index in [0.717, 1.165) is 0 Å². The fraction of sp³-hybridized carbons (Fsp3) is 0.111. The first kappa shape index (κ1) is 8.46. The van der Waals surface area contributed by atoms with Crippen LogP contribution in [0.5, 0.6) is 0 Å².